The molecule has 2 heterocycles. The molecule has 1 unspecified atom stereocenters. The minimum Gasteiger partial charge on any atom is -0.454 e. The molecule has 5 heteroatoms. The van der Waals surface area contributed by atoms with Crippen molar-refractivity contribution in [2.75, 3.05) is 12.1 Å². The summed E-state index contributed by atoms with van der Waals surface area (Å²) in [5.41, 5.74) is 1.04. The fourth-order valence-electron chi connectivity index (χ4n) is 1.87. The molecule has 0 amide bonds. The largest absolute Gasteiger partial charge is 0.454 e. The summed E-state index contributed by atoms with van der Waals surface area (Å²) in [5, 5.41) is 3.46. The van der Waals surface area contributed by atoms with Crippen LogP contribution in [-0.4, -0.2) is 6.79 Å². The minimum absolute atomic E-state index is 0.265. The van der Waals surface area contributed by atoms with Gasteiger partial charge in [-0.05, 0) is 47.1 Å². The van der Waals surface area contributed by atoms with E-state index in [2.05, 4.69) is 40.3 Å². The van der Waals surface area contributed by atoms with Crippen LogP contribution in [0.3, 0.4) is 0 Å². The van der Waals surface area contributed by atoms with E-state index in [1.165, 1.54) is 4.88 Å². The first-order valence-electron chi connectivity index (χ1n) is 5.64. The van der Waals surface area contributed by atoms with Gasteiger partial charge in [-0.1, -0.05) is 0 Å². The maximum atomic E-state index is 5.36. The standard InChI is InChI=1S/C13H12BrNO2S/c1-8(12-4-5-13(14)18-12)15-9-2-3-10-11(6-9)17-7-16-10/h2-6,8,15H,7H2,1H3. The van der Waals surface area contributed by atoms with Gasteiger partial charge in [-0.15, -0.1) is 11.3 Å². The molecule has 1 atom stereocenters. The van der Waals surface area contributed by atoms with Crippen LogP contribution in [0.2, 0.25) is 0 Å². The number of fused-ring (bicyclic) bond motifs is 1. The third-order valence-electron chi connectivity index (χ3n) is 2.78. The van der Waals surface area contributed by atoms with Gasteiger partial charge in [0.05, 0.1) is 9.83 Å². The fraction of sp³-hybridized carbons (Fsp3) is 0.231. The van der Waals surface area contributed by atoms with Gasteiger partial charge in [-0.3, -0.25) is 0 Å². The lowest BCUT2D eigenvalue weighted by atomic mass is 10.2. The minimum atomic E-state index is 0.265. The first-order valence-corrected chi connectivity index (χ1v) is 7.25. The van der Waals surface area contributed by atoms with Crippen molar-refractivity contribution >= 4 is 33.0 Å². The van der Waals surface area contributed by atoms with E-state index >= 15 is 0 Å². The molecule has 18 heavy (non-hydrogen) atoms. The molecule has 0 spiro atoms. The quantitative estimate of drug-likeness (QED) is 0.906. The van der Waals surface area contributed by atoms with Gasteiger partial charge in [0.15, 0.2) is 11.5 Å². The Labute approximate surface area is 118 Å². The SMILES string of the molecule is CC(Nc1ccc2c(c1)OCO2)c1ccc(Br)s1. The Kier molecular flexibility index (Phi) is 3.18. The van der Waals surface area contributed by atoms with Gasteiger partial charge >= 0.3 is 0 Å². The Morgan fingerprint density at radius 2 is 2.06 bits per heavy atom. The molecule has 0 radical (unpaired) electrons. The number of benzene rings is 1. The number of hydrogen-bond donors (Lipinski definition) is 1. The van der Waals surface area contributed by atoms with E-state index in [0.717, 1.165) is 21.0 Å². The summed E-state index contributed by atoms with van der Waals surface area (Å²) >= 11 is 5.22. The number of thiophene rings is 1. The molecule has 94 valence electrons. The number of nitrogens with one attached hydrogen (secondary N) is 1. The molecular weight excluding hydrogens is 314 g/mol. The lowest BCUT2D eigenvalue weighted by Crippen LogP contribution is -2.04. The maximum Gasteiger partial charge on any atom is 0.231 e. The Morgan fingerprint density at radius 3 is 2.83 bits per heavy atom. The lowest BCUT2D eigenvalue weighted by molar-refractivity contribution is 0.174. The summed E-state index contributed by atoms with van der Waals surface area (Å²) in [6, 6.07) is 10.4. The zero-order valence-electron chi connectivity index (χ0n) is 9.77. The van der Waals surface area contributed by atoms with Gasteiger partial charge < -0.3 is 14.8 Å². The smallest absolute Gasteiger partial charge is 0.231 e. The molecule has 0 aliphatic carbocycles. The van der Waals surface area contributed by atoms with Crippen molar-refractivity contribution in [3.05, 3.63) is 39.0 Å². The zero-order valence-corrected chi connectivity index (χ0v) is 12.2. The number of rotatable bonds is 3. The number of halogens is 1. The van der Waals surface area contributed by atoms with Gasteiger partial charge in [-0.2, -0.15) is 0 Å². The second kappa shape index (κ2) is 4.82. The van der Waals surface area contributed by atoms with Crippen LogP contribution >= 0.6 is 27.3 Å². The molecule has 2 aromatic rings. The van der Waals surface area contributed by atoms with Crippen LogP contribution in [0.1, 0.15) is 17.8 Å². The van der Waals surface area contributed by atoms with Crippen molar-refractivity contribution in [2.24, 2.45) is 0 Å². The van der Waals surface area contributed by atoms with Gasteiger partial charge in [-0.25, -0.2) is 0 Å². The average Bonchev–Trinajstić information content (AvgIpc) is 2.96. The summed E-state index contributed by atoms with van der Waals surface area (Å²) in [6.07, 6.45) is 0. The molecule has 1 aliphatic rings. The highest BCUT2D eigenvalue weighted by Gasteiger charge is 2.14. The summed E-state index contributed by atoms with van der Waals surface area (Å²) in [4.78, 5) is 1.29. The summed E-state index contributed by atoms with van der Waals surface area (Å²) in [6.45, 7) is 2.45. The monoisotopic (exact) mass is 325 g/mol. The number of anilines is 1. The molecule has 3 rings (SSSR count). The van der Waals surface area contributed by atoms with Crippen LogP contribution in [-0.2, 0) is 0 Å². The lowest BCUT2D eigenvalue weighted by Gasteiger charge is -2.13. The van der Waals surface area contributed by atoms with Crippen LogP contribution < -0.4 is 14.8 Å². The van der Waals surface area contributed by atoms with Gasteiger partial charge in [0.1, 0.15) is 0 Å². The normalized spacial score (nSPS) is 14.6. The van der Waals surface area contributed by atoms with Crippen molar-refractivity contribution in [3.63, 3.8) is 0 Å². The highest BCUT2D eigenvalue weighted by atomic mass is 79.9. The summed E-state index contributed by atoms with van der Waals surface area (Å²) in [5.74, 6) is 1.62. The molecule has 3 nitrogen and oxygen atoms in total. The topological polar surface area (TPSA) is 30.5 Å². The fourth-order valence-corrected chi connectivity index (χ4v) is 3.29. The Hall–Kier alpha value is -1.20. The van der Waals surface area contributed by atoms with Crippen LogP contribution in [0, 0.1) is 0 Å². The number of ether oxygens (including phenoxy) is 2. The van der Waals surface area contributed by atoms with E-state index in [0.29, 0.717) is 6.79 Å². The van der Waals surface area contributed by atoms with Crippen LogP contribution in [0.15, 0.2) is 34.1 Å². The van der Waals surface area contributed by atoms with Crippen LogP contribution in [0.25, 0.3) is 0 Å². The van der Waals surface area contributed by atoms with E-state index in [1.807, 2.05) is 18.2 Å². The third kappa shape index (κ3) is 2.33. The summed E-state index contributed by atoms with van der Waals surface area (Å²) in [7, 11) is 0. The van der Waals surface area contributed by atoms with Gasteiger partial charge in [0, 0.05) is 16.6 Å². The van der Waals surface area contributed by atoms with Crippen molar-refractivity contribution < 1.29 is 9.47 Å². The molecule has 1 N–H and O–H groups in total. The molecule has 1 aromatic carbocycles. The van der Waals surface area contributed by atoms with E-state index in [-0.39, 0.29) is 6.04 Å². The second-order valence-corrected chi connectivity index (χ2v) is 6.57. The van der Waals surface area contributed by atoms with E-state index < -0.39 is 0 Å². The predicted octanol–water partition coefficient (Wildman–Crippen LogP) is 4.41. The number of hydrogen-bond acceptors (Lipinski definition) is 4. The Balaban J connectivity index is 1.76. The van der Waals surface area contributed by atoms with E-state index in [9.17, 15) is 0 Å². The molecule has 0 saturated carbocycles. The van der Waals surface area contributed by atoms with E-state index in [1.54, 1.807) is 11.3 Å². The molecule has 0 saturated heterocycles. The van der Waals surface area contributed by atoms with Crippen molar-refractivity contribution in [1.29, 1.82) is 0 Å². The molecule has 1 aromatic heterocycles. The molecular formula is C13H12BrNO2S. The van der Waals surface area contributed by atoms with Gasteiger partial charge in [0.25, 0.3) is 0 Å². The second-order valence-electron chi connectivity index (χ2n) is 4.08. The maximum absolute atomic E-state index is 5.36. The average molecular weight is 326 g/mol. The molecule has 0 bridgehead atoms. The van der Waals surface area contributed by atoms with Crippen LogP contribution in [0.4, 0.5) is 5.69 Å². The molecule has 1 aliphatic heterocycles. The zero-order chi connectivity index (χ0) is 12.5. The van der Waals surface area contributed by atoms with Gasteiger partial charge in [0.2, 0.25) is 6.79 Å². The predicted molar refractivity (Wildman–Crippen MR) is 76.6 cm³/mol. The molecule has 0 fully saturated rings. The highest BCUT2D eigenvalue weighted by Crippen LogP contribution is 2.36. The van der Waals surface area contributed by atoms with E-state index in [4.69, 9.17) is 9.47 Å². The third-order valence-corrected chi connectivity index (χ3v) is 4.58. The van der Waals surface area contributed by atoms with Crippen molar-refractivity contribution in [3.8, 4) is 11.5 Å². The Morgan fingerprint density at radius 1 is 1.22 bits per heavy atom. The first-order chi connectivity index (χ1) is 8.72. The van der Waals surface area contributed by atoms with Crippen molar-refractivity contribution in [1.82, 2.24) is 0 Å². The van der Waals surface area contributed by atoms with Crippen LogP contribution in [0.5, 0.6) is 11.5 Å². The summed E-state index contributed by atoms with van der Waals surface area (Å²) < 4.78 is 11.8. The highest BCUT2D eigenvalue weighted by molar-refractivity contribution is 9.11. The van der Waals surface area contributed by atoms with Crippen molar-refractivity contribution in [2.45, 2.75) is 13.0 Å². The Bertz CT molecular complexity index is 570. The first kappa shape index (κ1) is 11.9.